The van der Waals surface area contributed by atoms with Crippen LogP contribution in [0.25, 0.3) is 0 Å². The largest absolute Gasteiger partial charge is 0.353 e. The van der Waals surface area contributed by atoms with Crippen LogP contribution >= 0.6 is 0 Å². The molecule has 5 rings (SSSR count). The fourth-order valence-corrected chi connectivity index (χ4v) is 5.04. The maximum Gasteiger partial charge on any atom is 0.292 e. The highest BCUT2D eigenvalue weighted by atomic mass is 16.2. The van der Waals surface area contributed by atoms with Crippen molar-refractivity contribution < 1.29 is 9.59 Å². The van der Waals surface area contributed by atoms with Crippen molar-refractivity contribution in [3.8, 4) is 0 Å². The van der Waals surface area contributed by atoms with Gasteiger partial charge >= 0.3 is 0 Å². The summed E-state index contributed by atoms with van der Waals surface area (Å²) < 4.78 is 2.02. The third kappa shape index (κ3) is 3.47. The minimum absolute atomic E-state index is 0.0102. The van der Waals surface area contributed by atoms with Gasteiger partial charge in [-0.15, -0.1) is 10.2 Å². The molecule has 0 atom stereocenters. The summed E-state index contributed by atoms with van der Waals surface area (Å²) in [7, 11) is 0. The van der Waals surface area contributed by atoms with Crippen molar-refractivity contribution in [3.63, 3.8) is 0 Å². The van der Waals surface area contributed by atoms with Crippen molar-refractivity contribution in [2.45, 2.75) is 44.2 Å². The molecule has 9 heteroatoms. The third-order valence-corrected chi connectivity index (χ3v) is 6.70. The van der Waals surface area contributed by atoms with E-state index in [9.17, 15) is 9.59 Å². The molecule has 0 aromatic carbocycles. The fourth-order valence-electron chi connectivity index (χ4n) is 5.04. The first-order valence-corrected chi connectivity index (χ1v) is 10.8. The van der Waals surface area contributed by atoms with Gasteiger partial charge in [0.1, 0.15) is 12.4 Å². The summed E-state index contributed by atoms with van der Waals surface area (Å²) in [6, 6.07) is 6.04. The summed E-state index contributed by atoms with van der Waals surface area (Å²) in [5.74, 6) is 1.03. The number of aromatic nitrogens is 4. The number of fused-ring (bicyclic) bond motifs is 2. The minimum Gasteiger partial charge on any atom is -0.353 e. The number of carbonyl (C=O) groups is 2. The molecule has 1 N–H and O–H groups in total. The molecule has 2 saturated heterocycles. The highest BCUT2D eigenvalue weighted by Crippen LogP contribution is 2.42. The monoisotopic (exact) mass is 409 g/mol. The summed E-state index contributed by atoms with van der Waals surface area (Å²) in [5, 5.41) is 11.6. The number of carbonyl (C=O) groups excluding carboxylic acids is 2. The van der Waals surface area contributed by atoms with E-state index < -0.39 is 0 Å². The van der Waals surface area contributed by atoms with E-state index in [1.54, 1.807) is 4.90 Å². The van der Waals surface area contributed by atoms with Crippen LogP contribution in [0.4, 0.5) is 0 Å². The van der Waals surface area contributed by atoms with Gasteiger partial charge in [0.2, 0.25) is 11.7 Å². The second-order valence-corrected chi connectivity index (χ2v) is 8.56. The van der Waals surface area contributed by atoms with Crippen LogP contribution in [0.2, 0.25) is 0 Å². The van der Waals surface area contributed by atoms with E-state index in [-0.39, 0.29) is 23.8 Å². The second-order valence-electron chi connectivity index (χ2n) is 8.56. The Hall–Kier alpha value is -2.81. The van der Waals surface area contributed by atoms with Gasteiger partial charge in [-0.1, -0.05) is 6.07 Å². The smallest absolute Gasteiger partial charge is 0.292 e. The molecule has 0 radical (unpaired) electrons. The van der Waals surface area contributed by atoms with E-state index >= 15 is 0 Å². The molecular weight excluding hydrogens is 382 g/mol. The molecule has 3 aliphatic rings. The molecule has 0 unspecified atom stereocenters. The maximum absolute atomic E-state index is 13.0. The molecule has 30 heavy (non-hydrogen) atoms. The number of pyridine rings is 1. The van der Waals surface area contributed by atoms with Crippen LogP contribution in [0.5, 0.6) is 0 Å². The van der Waals surface area contributed by atoms with Gasteiger partial charge in [0.05, 0.1) is 5.69 Å². The normalized spacial score (nSPS) is 21.3. The highest BCUT2D eigenvalue weighted by Gasteiger charge is 2.43. The van der Waals surface area contributed by atoms with Crippen molar-refractivity contribution in [1.29, 1.82) is 0 Å². The van der Waals surface area contributed by atoms with Crippen LogP contribution in [-0.2, 0) is 23.3 Å². The molecule has 3 aliphatic heterocycles. The number of hydrogen-bond acceptors (Lipinski definition) is 6. The first kappa shape index (κ1) is 19.2. The zero-order valence-corrected chi connectivity index (χ0v) is 17.1. The van der Waals surface area contributed by atoms with Gasteiger partial charge in [-0.05, 0) is 50.9 Å². The van der Waals surface area contributed by atoms with Crippen LogP contribution in [0.1, 0.15) is 47.8 Å². The quantitative estimate of drug-likeness (QED) is 0.796. The maximum atomic E-state index is 13.0. The van der Waals surface area contributed by atoms with Crippen molar-refractivity contribution in [2.75, 3.05) is 32.7 Å². The van der Waals surface area contributed by atoms with Gasteiger partial charge in [0.25, 0.3) is 5.91 Å². The summed E-state index contributed by atoms with van der Waals surface area (Å²) in [5.41, 5.74) is 1.09. The standard InChI is InChI=1S/C21H27N7O2/c29-17-15-27(13-9-23-17)19(30)18-24-25-20-21(5-3-10-28(18)20)6-11-26(12-7-21)14-16-4-1-2-8-22-16/h1-2,4,8H,3,5-7,9-15H2,(H,23,29). The van der Waals surface area contributed by atoms with Crippen molar-refractivity contribution >= 4 is 11.8 Å². The third-order valence-electron chi connectivity index (χ3n) is 6.70. The van der Waals surface area contributed by atoms with Crippen LogP contribution in [0, 0.1) is 0 Å². The van der Waals surface area contributed by atoms with Crippen LogP contribution in [-0.4, -0.2) is 74.1 Å². The van der Waals surface area contributed by atoms with Crippen LogP contribution < -0.4 is 5.32 Å². The number of nitrogens with zero attached hydrogens (tertiary/aromatic N) is 6. The van der Waals surface area contributed by atoms with Crippen LogP contribution in [0.3, 0.4) is 0 Å². The Labute approximate surface area is 175 Å². The molecule has 5 heterocycles. The summed E-state index contributed by atoms with van der Waals surface area (Å²) in [6.45, 7) is 4.70. The van der Waals surface area contributed by atoms with E-state index in [0.717, 1.165) is 63.4 Å². The minimum atomic E-state index is -0.187. The predicted molar refractivity (Wildman–Crippen MR) is 109 cm³/mol. The summed E-state index contributed by atoms with van der Waals surface area (Å²) in [4.78, 5) is 33.2. The second kappa shape index (κ2) is 7.79. The lowest BCUT2D eigenvalue weighted by atomic mass is 9.72. The molecule has 0 aliphatic carbocycles. The number of hydrogen-bond donors (Lipinski definition) is 1. The Morgan fingerprint density at radius 2 is 1.97 bits per heavy atom. The fraction of sp³-hybridized carbons (Fsp3) is 0.571. The molecule has 0 bridgehead atoms. The molecule has 2 fully saturated rings. The predicted octanol–water partition coefficient (Wildman–Crippen LogP) is 0.573. The highest BCUT2D eigenvalue weighted by molar-refractivity contribution is 5.94. The van der Waals surface area contributed by atoms with Gasteiger partial charge in [0.15, 0.2) is 0 Å². The Morgan fingerprint density at radius 1 is 1.10 bits per heavy atom. The first-order valence-electron chi connectivity index (χ1n) is 10.8. The average molecular weight is 409 g/mol. The Kier molecular flexibility index (Phi) is 4.98. The lowest BCUT2D eigenvalue weighted by Crippen LogP contribution is -2.50. The Balaban J connectivity index is 1.32. The van der Waals surface area contributed by atoms with Gasteiger partial charge < -0.3 is 14.8 Å². The first-order chi connectivity index (χ1) is 14.6. The average Bonchev–Trinajstić information content (AvgIpc) is 3.21. The molecular formula is C21H27N7O2. The van der Waals surface area contributed by atoms with E-state index in [1.165, 1.54) is 0 Å². The number of nitrogens with one attached hydrogen (secondary N) is 1. The number of piperidine rings is 1. The summed E-state index contributed by atoms with van der Waals surface area (Å²) in [6.07, 6.45) is 5.97. The molecule has 158 valence electrons. The number of rotatable bonds is 3. The van der Waals surface area contributed by atoms with Gasteiger partial charge in [0, 0.05) is 37.8 Å². The lowest BCUT2D eigenvalue weighted by molar-refractivity contribution is -0.123. The van der Waals surface area contributed by atoms with E-state index in [0.29, 0.717) is 18.9 Å². The molecule has 2 aromatic heterocycles. The van der Waals surface area contributed by atoms with Crippen molar-refractivity contribution in [1.82, 2.24) is 34.9 Å². The number of piperazine rings is 1. The lowest BCUT2D eigenvalue weighted by Gasteiger charge is -2.43. The van der Waals surface area contributed by atoms with E-state index in [4.69, 9.17) is 0 Å². The SMILES string of the molecule is O=C1CN(C(=O)c2nnc3n2CCCC32CCN(Cc3ccccn3)CC2)CCN1. The topological polar surface area (TPSA) is 96.2 Å². The van der Waals surface area contributed by atoms with Crippen LogP contribution in [0.15, 0.2) is 24.4 Å². The van der Waals surface area contributed by atoms with E-state index in [1.807, 2.05) is 22.9 Å². The van der Waals surface area contributed by atoms with E-state index in [2.05, 4.69) is 31.5 Å². The Morgan fingerprint density at radius 3 is 2.73 bits per heavy atom. The van der Waals surface area contributed by atoms with Gasteiger partial charge in [-0.2, -0.15) is 0 Å². The molecule has 2 amide bonds. The summed E-state index contributed by atoms with van der Waals surface area (Å²) >= 11 is 0. The van der Waals surface area contributed by atoms with Gasteiger partial charge in [-0.25, -0.2) is 0 Å². The molecule has 0 saturated carbocycles. The number of likely N-dealkylation sites (tertiary alicyclic amines) is 1. The number of amides is 2. The zero-order chi connectivity index (χ0) is 20.6. The zero-order valence-electron chi connectivity index (χ0n) is 17.1. The Bertz CT molecular complexity index is 934. The van der Waals surface area contributed by atoms with Crippen molar-refractivity contribution in [2.24, 2.45) is 0 Å². The molecule has 2 aromatic rings. The molecule has 1 spiro atoms. The van der Waals surface area contributed by atoms with Gasteiger partial charge in [-0.3, -0.25) is 19.5 Å². The van der Waals surface area contributed by atoms with Crippen molar-refractivity contribution in [3.05, 3.63) is 41.7 Å². The molecule has 9 nitrogen and oxygen atoms in total.